The molecule has 0 atom stereocenters. The number of ketones is 1. The number of ether oxygens (including phenoxy) is 3. The van der Waals surface area contributed by atoms with Crippen LogP contribution in [-0.2, 0) is 6.61 Å². The molecule has 0 spiro atoms. The van der Waals surface area contributed by atoms with Crippen molar-refractivity contribution in [3.63, 3.8) is 0 Å². The second-order valence-electron chi connectivity index (χ2n) is 6.52. The average molecular weight is 504 g/mol. The highest BCUT2D eigenvalue weighted by molar-refractivity contribution is 9.10. The Morgan fingerprint density at radius 1 is 1.00 bits per heavy atom. The van der Waals surface area contributed by atoms with E-state index in [0.717, 1.165) is 15.6 Å². The third-order valence-electron chi connectivity index (χ3n) is 4.47. The van der Waals surface area contributed by atoms with Crippen molar-refractivity contribution in [3.8, 4) is 23.0 Å². The number of hydrogen-bond acceptors (Lipinski definition) is 5. The fourth-order valence-electron chi connectivity index (χ4n) is 2.86. The Kier molecular flexibility index (Phi) is 7.60. The second kappa shape index (κ2) is 10.4. The summed E-state index contributed by atoms with van der Waals surface area (Å²) in [6, 6.07) is 15.3. The molecule has 0 radical (unpaired) electrons. The first-order valence-corrected chi connectivity index (χ1v) is 10.4. The maximum Gasteiger partial charge on any atom is 0.185 e. The van der Waals surface area contributed by atoms with Crippen molar-refractivity contribution < 1.29 is 24.1 Å². The molecule has 0 saturated heterocycles. The standard InChI is InChI=1S/C24H20BrClO5/c1-29-22-9-4-15(3-7-20(27)16-5-8-21(28)24(12-16)30-2)11-17(22)14-31-23-10-6-18(26)13-19(23)25/h3-13,28H,14H2,1-2H3/b7-3+. The van der Waals surface area contributed by atoms with E-state index in [9.17, 15) is 9.90 Å². The van der Waals surface area contributed by atoms with Gasteiger partial charge in [0.2, 0.25) is 0 Å². The van der Waals surface area contributed by atoms with E-state index in [2.05, 4.69) is 15.9 Å². The van der Waals surface area contributed by atoms with E-state index in [0.29, 0.717) is 22.1 Å². The topological polar surface area (TPSA) is 65.0 Å². The van der Waals surface area contributed by atoms with Gasteiger partial charge in [-0.2, -0.15) is 0 Å². The minimum absolute atomic E-state index is 0.0184. The fourth-order valence-corrected chi connectivity index (χ4v) is 3.66. The van der Waals surface area contributed by atoms with E-state index in [1.165, 1.54) is 25.3 Å². The Labute approximate surface area is 194 Å². The molecular formula is C24H20BrClO5. The van der Waals surface area contributed by atoms with Gasteiger partial charge in [-0.25, -0.2) is 0 Å². The van der Waals surface area contributed by atoms with E-state index in [1.54, 1.807) is 37.5 Å². The van der Waals surface area contributed by atoms with Gasteiger partial charge in [-0.3, -0.25) is 4.79 Å². The summed E-state index contributed by atoms with van der Waals surface area (Å²) in [5.74, 6) is 1.35. The third kappa shape index (κ3) is 5.81. The molecule has 0 fully saturated rings. The van der Waals surface area contributed by atoms with E-state index in [4.69, 9.17) is 25.8 Å². The molecule has 0 aliphatic rings. The number of hydrogen-bond donors (Lipinski definition) is 1. The molecule has 0 bridgehead atoms. The summed E-state index contributed by atoms with van der Waals surface area (Å²) in [7, 11) is 3.02. The van der Waals surface area contributed by atoms with Crippen LogP contribution in [0.2, 0.25) is 5.02 Å². The lowest BCUT2D eigenvalue weighted by Crippen LogP contribution is -2.00. The first-order valence-electron chi connectivity index (χ1n) is 9.25. The largest absolute Gasteiger partial charge is 0.504 e. The van der Waals surface area contributed by atoms with Crippen LogP contribution in [0.15, 0.2) is 65.1 Å². The molecule has 3 rings (SSSR count). The smallest absolute Gasteiger partial charge is 0.185 e. The Hall–Kier alpha value is -2.96. The summed E-state index contributed by atoms with van der Waals surface area (Å²) >= 11 is 9.41. The number of carbonyl (C=O) groups excluding carboxylic acids is 1. The van der Waals surface area contributed by atoms with Crippen molar-refractivity contribution in [2.45, 2.75) is 6.61 Å². The molecule has 0 heterocycles. The van der Waals surface area contributed by atoms with Crippen LogP contribution in [0.4, 0.5) is 0 Å². The van der Waals surface area contributed by atoms with Gasteiger partial charge in [-0.05, 0) is 76.1 Å². The van der Waals surface area contributed by atoms with Gasteiger partial charge in [0, 0.05) is 16.1 Å². The monoisotopic (exact) mass is 502 g/mol. The highest BCUT2D eigenvalue weighted by Crippen LogP contribution is 2.30. The highest BCUT2D eigenvalue weighted by Gasteiger charge is 2.09. The molecule has 160 valence electrons. The molecule has 0 unspecified atom stereocenters. The van der Waals surface area contributed by atoms with Gasteiger partial charge >= 0.3 is 0 Å². The Bertz CT molecular complexity index is 1130. The van der Waals surface area contributed by atoms with E-state index >= 15 is 0 Å². The van der Waals surface area contributed by atoms with Crippen LogP contribution in [0.1, 0.15) is 21.5 Å². The van der Waals surface area contributed by atoms with Crippen molar-refractivity contribution in [1.82, 2.24) is 0 Å². The van der Waals surface area contributed by atoms with Gasteiger partial charge < -0.3 is 19.3 Å². The summed E-state index contributed by atoms with van der Waals surface area (Å²) in [5.41, 5.74) is 2.05. The quantitative estimate of drug-likeness (QED) is 0.289. The lowest BCUT2D eigenvalue weighted by molar-refractivity contribution is 0.104. The average Bonchev–Trinajstić information content (AvgIpc) is 2.77. The van der Waals surface area contributed by atoms with Gasteiger partial charge in [-0.1, -0.05) is 23.7 Å². The van der Waals surface area contributed by atoms with Gasteiger partial charge in [0.05, 0.1) is 18.7 Å². The lowest BCUT2D eigenvalue weighted by atomic mass is 10.1. The van der Waals surface area contributed by atoms with Gasteiger partial charge in [0.1, 0.15) is 18.1 Å². The zero-order chi connectivity index (χ0) is 22.4. The van der Waals surface area contributed by atoms with Crippen molar-refractivity contribution in [2.24, 2.45) is 0 Å². The number of aromatic hydroxyl groups is 1. The Morgan fingerprint density at radius 2 is 1.74 bits per heavy atom. The summed E-state index contributed by atoms with van der Waals surface area (Å²) < 4.78 is 17.1. The first kappa shape index (κ1) is 22.7. The zero-order valence-corrected chi connectivity index (χ0v) is 19.2. The van der Waals surface area contributed by atoms with E-state index in [-0.39, 0.29) is 23.9 Å². The van der Waals surface area contributed by atoms with Crippen LogP contribution in [0.5, 0.6) is 23.0 Å². The van der Waals surface area contributed by atoms with Crippen LogP contribution in [0.3, 0.4) is 0 Å². The maximum atomic E-state index is 12.5. The summed E-state index contributed by atoms with van der Waals surface area (Å²) in [4.78, 5) is 12.5. The summed E-state index contributed by atoms with van der Waals surface area (Å²) in [6.07, 6.45) is 3.18. The minimum atomic E-state index is -0.211. The maximum absolute atomic E-state index is 12.5. The van der Waals surface area contributed by atoms with E-state index in [1.807, 2.05) is 18.2 Å². The summed E-state index contributed by atoms with van der Waals surface area (Å²) in [5, 5.41) is 10.3. The first-order chi connectivity index (χ1) is 14.9. The highest BCUT2D eigenvalue weighted by atomic mass is 79.9. The zero-order valence-electron chi connectivity index (χ0n) is 16.9. The minimum Gasteiger partial charge on any atom is -0.504 e. The Balaban J connectivity index is 1.77. The number of benzene rings is 3. The molecule has 7 heteroatoms. The van der Waals surface area contributed by atoms with Crippen LogP contribution < -0.4 is 14.2 Å². The molecule has 3 aromatic carbocycles. The predicted molar refractivity (Wildman–Crippen MR) is 125 cm³/mol. The fraction of sp³-hybridized carbons (Fsp3) is 0.125. The molecule has 0 amide bonds. The molecule has 0 aromatic heterocycles. The molecule has 0 aliphatic carbocycles. The number of allylic oxidation sites excluding steroid dienone is 1. The molecule has 3 aromatic rings. The van der Waals surface area contributed by atoms with Crippen LogP contribution >= 0.6 is 27.5 Å². The molecule has 1 N–H and O–H groups in total. The van der Waals surface area contributed by atoms with Crippen molar-refractivity contribution in [2.75, 3.05) is 14.2 Å². The summed E-state index contributed by atoms with van der Waals surface area (Å²) in [6.45, 7) is 0.272. The number of halogens is 2. The lowest BCUT2D eigenvalue weighted by Gasteiger charge is -2.12. The molecule has 0 aliphatic heterocycles. The molecular weight excluding hydrogens is 484 g/mol. The second-order valence-corrected chi connectivity index (χ2v) is 7.81. The van der Waals surface area contributed by atoms with Crippen LogP contribution in [-0.4, -0.2) is 25.1 Å². The van der Waals surface area contributed by atoms with Gasteiger partial charge in [-0.15, -0.1) is 0 Å². The molecule has 31 heavy (non-hydrogen) atoms. The number of methoxy groups -OCH3 is 2. The molecule has 0 saturated carbocycles. The van der Waals surface area contributed by atoms with Crippen molar-refractivity contribution in [1.29, 1.82) is 0 Å². The van der Waals surface area contributed by atoms with Gasteiger partial charge in [0.15, 0.2) is 17.3 Å². The van der Waals surface area contributed by atoms with Crippen molar-refractivity contribution >= 4 is 39.4 Å². The normalized spacial score (nSPS) is 10.8. The number of phenolic OH excluding ortho intramolecular Hbond substituents is 1. The number of carbonyl (C=O) groups is 1. The van der Waals surface area contributed by atoms with Crippen molar-refractivity contribution in [3.05, 3.63) is 86.9 Å². The SMILES string of the molecule is COc1cc(C(=O)/C=C/c2ccc(OC)c(COc3ccc(Cl)cc3Br)c2)ccc1O. The molecule has 5 nitrogen and oxygen atoms in total. The Morgan fingerprint density at radius 3 is 2.45 bits per heavy atom. The number of rotatable bonds is 8. The van der Waals surface area contributed by atoms with E-state index < -0.39 is 0 Å². The van der Waals surface area contributed by atoms with Gasteiger partial charge in [0.25, 0.3) is 0 Å². The number of phenols is 1. The van der Waals surface area contributed by atoms with Crippen LogP contribution in [0, 0.1) is 0 Å². The predicted octanol–water partition coefficient (Wildman–Crippen LogP) is 6.30. The van der Waals surface area contributed by atoms with Crippen LogP contribution in [0.25, 0.3) is 6.08 Å². The third-order valence-corrected chi connectivity index (χ3v) is 5.33.